The molecular weight excluding hydrogens is 1020 g/mol. The number of carbonyl (C=O) groups excluding carboxylic acids is 3. The Labute approximate surface area is 514 Å². The van der Waals surface area contributed by atoms with E-state index >= 15 is 0 Å². The maximum absolute atomic E-state index is 12.9. The van der Waals surface area contributed by atoms with E-state index in [0.717, 1.165) is 122 Å². The van der Waals surface area contributed by atoms with E-state index in [4.69, 9.17) is 14.2 Å². The third kappa shape index (κ3) is 68.7. The Bertz CT molecular complexity index is 1660. The number of esters is 3. The molecule has 6 nitrogen and oxygen atoms in total. The van der Waals surface area contributed by atoms with Crippen molar-refractivity contribution < 1.29 is 28.6 Å². The fourth-order valence-corrected chi connectivity index (χ4v) is 10.1. The highest BCUT2D eigenvalue weighted by Gasteiger charge is 2.19. The van der Waals surface area contributed by atoms with Gasteiger partial charge in [-0.1, -0.05) is 329 Å². The Morgan fingerprint density at radius 1 is 0.253 bits per heavy atom. The van der Waals surface area contributed by atoms with Gasteiger partial charge in [0.15, 0.2) is 6.10 Å². The molecule has 1 unspecified atom stereocenters. The van der Waals surface area contributed by atoms with E-state index in [1.54, 1.807) is 0 Å². The summed E-state index contributed by atoms with van der Waals surface area (Å²) in [6.07, 6.45) is 96.8. The van der Waals surface area contributed by atoms with Crippen LogP contribution in [-0.2, 0) is 28.6 Å². The minimum absolute atomic E-state index is 0.0773. The molecule has 0 spiro atoms. The number of allylic oxidation sites excluding steroid dienone is 18. The van der Waals surface area contributed by atoms with Gasteiger partial charge in [-0.15, -0.1) is 0 Å². The molecule has 0 saturated heterocycles. The predicted molar refractivity (Wildman–Crippen MR) is 362 cm³/mol. The van der Waals surface area contributed by atoms with Crippen molar-refractivity contribution in [2.24, 2.45) is 0 Å². The second-order valence-corrected chi connectivity index (χ2v) is 23.4. The van der Waals surface area contributed by atoms with Gasteiger partial charge in [-0.25, -0.2) is 0 Å². The molecule has 0 bridgehead atoms. The van der Waals surface area contributed by atoms with Crippen molar-refractivity contribution in [1.29, 1.82) is 0 Å². The maximum Gasteiger partial charge on any atom is 0.306 e. The summed E-state index contributed by atoms with van der Waals surface area (Å²) >= 11 is 0. The number of unbranched alkanes of at least 4 members (excludes halogenated alkanes) is 35. The summed E-state index contributed by atoms with van der Waals surface area (Å²) in [6, 6.07) is 0. The van der Waals surface area contributed by atoms with Gasteiger partial charge in [0, 0.05) is 19.3 Å². The van der Waals surface area contributed by atoms with E-state index < -0.39 is 6.10 Å². The summed E-state index contributed by atoms with van der Waals surface area (Å²) in [7, 11) is 0. The molecule has 0 aliphatic heterocycles. The van der Waals surface area contributed by atoms with E-state index in [0.29, 0.717) is 19.3 Å². The second-order valence-electron chi connectivity index (χ2n) is 23.4. The molecule has 0 amide bonds. The molecule has 0 aromatic heterocycles. The van der Waals surface area contributed by atoms with Crippen LogP contribution < -0.4 is 0 Å². The van der Waals surface area contributed by atoms with Gasteiger partial charge in [0.25, 0.3) is 0 Å². The van der Waals surface area contributed by atoms with Crippen molar-refractivity contribution in [3.63, 3.8) is 0 Å². The molecule has 0 heterocycles. The van der Waals surface area contributed by atoms with Crippen LogP contribution in [0.25, 0.3) is 0 Å². The first kappa shape index (κ1) is 79.1. The van der Waals surface area contributed by atoms with E-state index in [2.05, 4.69) is 130 Å². The molecule has 476 valence electrons. The topological polar surface area (TPSA) is 78.9 Å². The van der Waals surface area contributed by atoms with Crippen LogP contribution >= 0.6 is 0 Å². The van der Waals surface area contributed by atoms with Crippen LogP contribution in [0.2, 0.25) is 0 Å². The molecule has 0 saturated carbocycles. The maximum atomic E-state index is 12.9. The number of rotatable bonds is 64. The zero-order valence-electron chi connectivity index (χ0n) is 54.7. The average molecular weight is 1150 g/mol. The Morgan fingerprint density at radius 2 is 0.470 bits per heavy atom. The molecular formula is C77H132O6. The summed E-state index contributed by atoms with van der Waals surface area (Å²) < 4.78 is 17.0. The van der Waals surface area contributed by atoms with Gasteiger partial charge >= 0.3 is 17.9 Å². The zero-order chi connectivity index (χ0) is 59.9. The highest BCUT2D eigenvalue weighted by Crippen LogP contribution is 2.17. The lowest BCUT2D eigenvalue weighted by Gasteiger charge is -2.18. The van der Waals surface area contributed by atoms with Crippen LogP contribution in [0.1, 0.15) is 342 Å². The van der Waals surface area contributed by atoms with Crippen LogP contribution in [0.5, 0.6) is 0 Å². The summed E-state index contributed by atoms with van der Waals surface area (Å²) in [4.78, 5) is 38.4. The van der Waals surface area contributed by atoms with Crippen LogP contribution in [-0.4, -0.2) is 37.2 Å². The largest absolute Gasteiger partial charge is 0.462 e. The number of ether oxygens (including phenoxy) is 3. The zero-order valence-corrected chi connectivity index (χ0v) is 54.7. The van der Waals surface area contributed by atoms with Gasteiger partial charge in [0.05, 0.1) is 0 Å². The van der Waals surface area contributed by atoms with Crippen molar-refractivity contribution in [2.45, 2.75) is 348 Å². The standard InChI is InChI=1S/C77H132O6/c1-4-7-10-13-16-19-22-25-27-29-31-33-34-35-36-37-38-39-40-41-42-44-45-47-49-52-55-58-61-64-67-70-76(79)82-73-74(72-81-75(78)69-66-63-60-57-54-51-24-21-18-15-12-9-6-3)83-77(80)71-68-65-62-59-56-53-50-48-46-43-32-30-28-26-23-20-17-14-11-8-5-2/h7-8,10-11,16-17,19-20,25-28,31-33,35-36,43,74H,4-6,9,12-15,18,21-24,29-30,34,37-42,44-73H2,1-3H3/b10-7-,11-8-,19-16-,20-17-,27-25-,28-26-,33-31-,36-35-,43-32-. The third-order valence-corrected chi connectivity index (χ3v) is 15.3. The average Bonchev–Trinajstić information content (AvgIpc) is 3.49. The van der Waals surface area contributed by atoms with E-state index in [1.807, 2.05) is 0 Å². The Kier molecular flexibility index (Phi) is 67.2. The Morgan fingerprint density at radius 3 is 0.735 bits per heavy atom. The second kappa shape index (κ2) is 70.6. The van der Waals surface area contributed by atoms with Crippen molar-refractivity contribution in [1.82, 2.24) is 0 Å². The first-order valence-electron chi connectivity index (χ1n) is 35.4. The van der Waals surface area contributed by atoms with Crippen molar-refractivity contribution in [3.8, 4) is 0 Å². The molecule has 0 aliphatic rings. The smallest absolute Gasteiger partial charge is 0.306 e. The van der Waals surface area contributed by atoms with Gasteiger partial charge in [-0.05, 0) is 103 Å². The first-order valence-corrected chi connectivity index (χ1v) is 35.4. The summed E-state index contributed by atoms with van der Waals surface area (Å²) in [5.74, 6) is -0.870. The SMILES string of the molecule is CC/C=C\C/C=C\C/C=C\C/C=C\C/C=C\CCCCCCCCCCCCCCCCCC(=O)OCC(COC(=O)CCCCCCCCCCCCCCC)OC(=O)CCCCCCCCCC/C=C\C/C=C\C/C=C\C/C=C\CC. The molecule has 0 N–H and O–H groups in total. The molecule has 0 rings (SSSR count). The van der Waals surface area contributed by atoms with Crippen molar-refractivity contribution in [3.05, 3.63) is 109 Å². The van der Waals surface area contributed by atoms with Crippen LogP contribution in [0.3, 0.4) is 0 Å². The molecule has 0 aliphatic carbocycles. The normalized spacial score (nSPS) is 12.8. The predicted octanol–water partition coefficient (Wildman–Crippen LogP) is 24.6. The lowest BCUT2D eigenvalue weighted by atomic mass is 10.0. The highest BCUT2D eigenvalue weighted by molar-refractivity contribution is 5.71. The molecule has 6 heteroatoms. The molecule has 0 radical (unpaired) electrons. The van der Waals surface area contributed by atoms with E-state index in [9.17, 15) is 14.4 Å². The van der Waals surface area contributed by atoms with Gasteiger partial charge in [0.2, 0.25) is 0 Å². The van der Waals surface area contributed by atoms with Gasteiger partial charge < -0.3 is 14.2 Å². The summed E-state index contributed by atoms with van der Waals surface area (Å²) in [5.41, 5.74) is 0. The van der Waals surface area contributed by atoms with Gasteiger partial charge in [-0.2, -0.15) is 0 Å². The summed E-state index contributed by atoms with van der Waals surface area (Å²) in [6.45, 7) is 6.45. The van der Waals surface area contributed by atoms with Crippen LogP contribution in [0.4, 0.5) is 0 Å². The fraction of sp³-hybridized carbons (Fsp3) is 0.727. The monoisotopic (exact) mass is 1150 g/mol. The van der Waals surface area contributed by atoms with Gasteiger partial charge in [-0.3, -0.25) is 14.4 Å². The van der Waals surface area contributed by atoms with Crippen LogP contribution in [0.15, 0.2) is 109 Å². The van der Waals surface area contributed by atoms with E-state index in [-0.39, 0.29) is 31.1 Å². The molecule has 83 heavy (non-hydrogen) atoms. The minimum atomic E-state index is -0.782. The lowest BCUT2D eigenvalue weighted by Crippen LogP contribution is -2.30. The Hall–Kier alpha value is -3.93. The van der Waals surface area contributed by atoms with Gasteiger partial charge in [0.1, 0.15) is 13.2 Å². The quantitative estimate of drug-likeness (QED) is 0.0261. The first-order chi connectivity index (χ1) is 41.0. The van der Waals surface area contributed by atoms with Crippen molar-refractivity contribution in [2.75, 3.05) is 13.2 Å². The highest BCUT2D eigenvalue weighted by atomic mass is 16.6. The number of hydrogen-bond donors (Lipinski definition) is 0. The van der Waals surface area contributed by atoms with Crippen molar-refractivity contribution >= 4 is 17.9 Å². The number of hydrogen-bond acceptors (Lipinski definition) is 6. The van der Waals surface area contributed by atoms with Crippen LogP contribution in [0, 0.1) is 0 Å². The molecule has 0 aromatic carbocycles. The summed E-state index contributed by atoms with van der Waals surface area (Å²) in [5, 5.41) is 0. The number of carbonyl (C=O) groups is 3. The van der Waals surface area contributed by atoms with E-state index in [1.165, 1.54) is 180 Å². The fourth-order valence-electron chi connectivity index (χ4n) is 10.1. The molecule has 0 fully saturated rings. The third-order valence-electron chi connectivity index (χ3n) is 15.3. The molecule has 1 atom stereocenters. The Balaban J connectivity index is 4.24. The minimum Gasteiger partial charge on any atom is -0.462 e. The lowest BCUT2D eigenvalue weighted by molar-refractivity contribution is -0.167. The molecule has 0 aromatic rings.